The molecular formula is C64H91N4O9Pd-. The maximum atomic E-state index is 12.5. The van der Waals surface area contributed by atoms with Crippen LogP contribution in [0.4, 0.5) is 19.2 Å². The molecule has 0 aliphatic carbocycles. The van der Waals surface area contributed by atoms with E-state index in [-0.39, 0.29) is 52.2 Å². The van der Waals surface area contributed by atoms with Crippen LogP contribution in [0.15, 0.2) is 90.5 Å². The average Bonchev–Trinajstić information content (AvgIpc) is 3.37. The van der Waals surface area contributed by atoms with E-state index >= 15 is 0 Å². The predicted molar refractivity (Wildman–Crippen MR) is 311 cm³/mol. The van der Waals surface area contributed by atoms with Crippen LogP contribution in [0, 0.1) is 13.3 Å². The van der Waals surface area contributed by atoms with Crippen LogP contribution in [-0.2, 0) is 52.2 Å². The molecule has 0 bridgehead atoms. The number of hydrogen-bond acceptors (Lipinski definition) is 9. The molecule has 0 aromatic heterocycles. The third kappa shape index (κ3) is 18.9. The Bertz CT molecular complexity index is 2710. The number of aliphatic hydroxyl groups excluding tert-OH is 1. The van der Waals surface area contributed by atoms with E-state index in [1.807, 2.05) is 92.9 Å². The number of amides is 4. The Morgan fingerprint density at radius 3 is 1.35 bits per heavy atom. The SMILES string of the molecule is CC(C)(C)OC(=O)N1CC=C(Cc2ccc(C3=CCN(C(=O)OC(C)(C)C)CC3)c3ccccc23)CC1.CC(C)(C)OC(=O)N1CCC(Cc2ccc(C3CCN(C(=O)OC(C)(C)C)CC3)c3ccccc23)CC1.CO.[CH3-].[Pd]. The number of rotatable bonds is 6. The quantitative estimate of drug-likeness (QED) is 0.0865. The molecule has 2 saturated heterocycles. The van der Waals surface area contributed by atoms with Crippen LogP contribution in [0.3, 0.4) is 0 Å². The molecule has 4 heterocycles. The minimum absolute atomic E-state index is 0. The molecule has 1 N–H and O–H groups in total. The number of carbonyl (C=O) groups is 4. The number of carbonyl (C=O) groups excluding carboxylic acids is 4. The standard InChI is InChI=1S/C31H44N2O4.C31H40N2O4.CH4O.CH3.Pd/c2*1-30(2,3)36-28(34)32-17-13-22(14-18-32)21-24-11-12-26(27-10-8-7-9-25(24)27)23-15-19-33(20-16-23)29(35)37-31(4,5)6;1-2;;/h7-12,22-23H,13-21H2,1-6H3;7-13,15H,14,16-21H2,1-6H3;2H,1H3;1H3;/q;;;-1;. The second kappa shape index (κ2) is 28.1. The summed E-state index contributed by atoms with van der Waals surface area (Å²) in [5.74, 6) is 1.000. The van der Waals surface area contributed by atoms with Crippen molar-refractivity contribution >= 4 is 51.5 Å². The molecule has 0 radical (unpaired) electrons. The van der Waals surface area contributed by atoms with Gasteiger partial charge in [0.25, 0.3) is 0 Å². The number of piperidine rings is 2. The number of fused-ring (bicyclic) bond motifs is 2. The van der Waals surface area contributed by atoms with Crippen LogP contribution in [0.2, 0.25) is 0 Å². The minimum Gasteiger partial charge on any atom is -0.444 e. The Balaban J connectivity index is 0.000000318. The van der Waals surface area contributed by atoms with Crippen molar-refractivity contribution in [2.45, 2.75) is 163 Å². The molecule has 2 fully saturated rings. The molecule has 14 heteroatoms. The van der Waals surface area contributed by atoms with E-state index < -0.39 is 22.4 Å². The zero-order chi connectivity index (χ0) is 55.6. The molecule has 4 aliphatic heterocycles. The smallest absolute Gasteiger partial charge is 0.410 e. The fraction of sp³-hybridized carbons (Fsp3) is 0.547. The molecule has 13 nitrogen and oxygen atoms in total. The van der Waals surface area contributed by atoms with Crippen molar-refractivity contribution in [1.82, 2.24) is 19.6 Å². The molecular weight excluding hydrogens is 1080 g/mol. The van der Waals surface area contributed by atoms with Gasteiger partial charge < -0.3 is 51.1 Å². The van der Waals surface area contributed by atoms with Crippen LogP contribution in [0.25, 0.3) is 27.1 Å². The summed E-state index contributed by atoms with van der Waals surface area (Å²) in [6.45, 7) is 28.3. The van der Waals surface area contributed by atoms with Crippen LogP contribution >= 0.6 is 0 Å². The Kier molecular flexibility index (Phi) is 23.5. The third-order valence-corrected chi connectivity index (χ3v) is 14.0. The van der Waals surface area contributed by atoms with Gasteiger partial charge in [-0.2, -0.15) is 0 Å². The van der Waals surface area contributed by atoms with Crippen molar-refractivity contribution in [3.05, 3.63) is 120 Å². The van der Waals surface area contributed by atoms with Crippen molar-refractivity contribution in [1.29, 1.82) is 0 Å². The molecule has 4 amide bonds. The van der Waals surface area contributed by atoms with Gasteiger partial charge in [0.15, 0.2) is 0 Å². The first-order valence-corrected chi connectivity index (χ1v) is 27.5. The molecule has 8 rings (SSSR count). The van der Waals surface area contributed by atoms with Gasteiger partial charge >= 0.3 is 24.4 Å². The van der Waals surface area contributed by atoms with Crippen LogP contribution in [0.5, 0.6) is 0 Å². The Hall–Kier alpha value is -5.42. The number of benzene rings is 4. The van der Waals surface area contributed by atoms with Gasteiger partial charge in [-0.3, -0.25) is 0 Å². The first kappa shape index (κ1) is 65.1. The fourth-order valence-corrected chi connectivity index (χ4v) is 10.4. The summed E-state index contributed by atoms with van der Waals surface area (Å²) in [5.41, 5.74) is 6.03. The summed E-state index contributed by atoms with van der Waals surface area (Å²) < 4.78 is 22.2. The van der Waals surface area contributed by atoms with Crippen molar-refractivity contribution < 1.29 is 63.7 Å². The zero-order valence-corrected chi connectivity index (χ0v) is 50.9. The molecule has 78 heavy (non-hydrogen) atoms. The summed E-state index contributed by atoms with van der Waals surface area (Å²) in [6.07, 6.45) is 10.9. The van der Waals surface area contributed by atoms with Gasteiger partial charge in [0, 0.05) is 79.9 Å². The molecule has 0 atom stereocenters. The van der Waals surface area contributed by atoms with E-state index in [2.05, 4.69) is 84.9 Å². The normalized spacial score (nSPS) is 16.7. The maximum absolute atomic E-state index is 12.5. The Labute approximate surface area is 480 Å². The van der Waals surface area contributed by atoms with Crippen LogP contribution in [0.1, 0.15) is 150 Å². The molecule has 0 saturated carbocycles. The number of nitrogens with zero attached hydrogens (tertiary/aromatic N) is 4. The largest absolute Gasteiger partial charge is 0.444 e. The monoisotopic (exact) mass is 1170 g/mol. The Morgan fingerprint density at radius 1 is 0.487 bits per heavy atom. The van der Waals surface area contributed by atoms with E-state index in [0.29, 0.717) is 38.0 Å². The first-order valence-electron chi connectivity index (χ1n) is 27.5. The number of aliphatic hydroxyl groups is 1. The molecule has 4 aromatic rings. The molecule has 4 aromatic carbocycles. The van der Waals surface area contributed by atoms with E-state index in [9.17, 15) is 19.2 Å². The van der Waals surface area contributed by atoms with Crippen molar-refractivity contribution in [2.75, 3.05) is 59.5 Å². The summed E-state index contributed by atoms with van der Waals surface area (Å²) in [4.78, 5) is 57.0. The number of likely N-dealkylation sites (tertiary alicyclic amines) is 2. The zero-order valence-electron chi connectivity index (χ0n) is 49.4. The van der Waals surface area contributed by atoms with Crippen molar-refractivity contribution in [3.8, 4) is 0 Å². The van der Waals surface area contributed by atoms with Gasteiger partial charge in [-0.05, 0) is 196 Å². The van der Waals surface area contributed by atoms with Gasteiger partial charge in [-0.1, -0.05) is 90.5 Å². The maximum Gasteiger partial charge on any atom is 0.410 e. The second-order valence-corrected chi connectivity index (χ2v) is 24.7. The summed E-state index contributed by atoms with van der Waals surface area (Å²) in [7, 11) is 1.00. The summed E-state index contributed by atoms with van der Waals surface area (Å²) in [6, 6.07) is 26.4. The molecule has 432 valence electrons. The van der Waals surface area contributed by atoms with E-state index in [0.717, 1.165) is 84.7 Å². The van der Waals surface area contributed by atoms with Gasteiger partial charge in [0.1, 0.15) is 22.4 Å². The minimum atomic E-state index is -0.491. The van der Waals surface area contributed by atoms with Gasteiger partial charge in [-0.15, -0.1) is 0 Å². The second-order valence-electron chi connectivity index (χ2n) is 24.7. The third-order valence-electron chi connectivity index (χ3n) is 14.0. The van der Waals surface area contributed by atoms with Crippen molar-refractivity contribution in [3.63, 3.8) is 0 Å². The molecule has 0 unspecified atom stereocenters. The Morgan fingerprint density at radius 2 is 0.897 bits per heavy atom. The van der Waals surface area contributed by atoms with Crippen LogP contribution < -0.4 is 0 Å². The summed E-state index contributed by atoms with van der Waals surface area (Å²) in [5, 5.41) is 12.2. The topological polar surface area (TPSA) is 138 Å². The van der Waals surface area contributed by atoms with E-state index in [4.69, 9.17) is 24.1 Å². The number of hydrogen-bond donors (Lipinski definition) is 1. The first-order chi connectivity index (χ1) is 35.8. The number of ether oxygens (including phenoxy) is 4. The fourth-order valence-electron chi connectivity index (χ4n) is 10.4. The predicted octanol–water partition coefficient (Wildman–Crippen LogP) is 14.2. The average molecular weight is 1170 g/mol. The van der Waals surface area contributed by atoms with Gasteiger partial charge in [0.05, 0.1) is 0 Å². The molecule has 4 aliphatic rings. The van der Waals surface area contributed by atoms with Gasteiger partial charge in [0.2, 0.25) is 0 Å². The van der Waals surface area contributed by atoms with Crippen LogP contribution in [-0.4, -0.2) is 131 Å². The molecule has 0 spiro atoms. The van der Waals surface area contributed by atoms with E-state index in [1.165, 1.54) is 54.9 Å². The summed E-state index contributed by atoms with van der Waals surface area (Å²) >= 11 is 0. The van der Waals surface area contributed by atoms with Crippen molar-refractivity contribution in [2.24, 2.45) is 5.92 Å². The van der Waals surface area contributed by atoms with Gasteiger partial charge in [-0.25, -0.2) is 19.2 Å². The van der Waals surface area contributed by atoms with E-state index in [1.54, 1.807) is 9.80 Å².